The number of ether oxygens (including phenoxy) is 2. The van der Waals surface area contributed by atoms with E-state index >= 15 is 0 Å². The third kappa shape index (κ3) is 5.09. The normalized spacial score (nSPS) is 13.2. The maximum atomic E-state index is 13.5. The molecular weight excluding hydrogens is 370 g/mol. The van der Waals surface area contributed by atoms with E-state index in [1.807, 2.05) is 54.6 Å². The summed E-state index contributed by atoms with van der Waals surface area (Å²) in [5.74, 6) is 1.33. The quantitative estimate of drug-likeness (QED) is 0.516. The molecule has 0 saturated carbocycles. The average molecular weight is 402 g/mol. The zero-order valence-electron chi connectivity index (χ0n) is 17.3. The fourth-order valence-electron chi connectivity index (χ4n) is 3.25. The molecular formula is C23H31NO3S. The summed E-state index contributed by atoms with van der Waals surface area (Å²) < 4.78 is 10.2. The van der Waals surface area contributed by atoms with Gasteiger partial charge in [-0.15, -0.1) is 11.8 Å². The molecule has 0 heterocycles. The number of benzene rings is 2. The highest BCUT2D eigenvalue weighted by atomic mass is 32.2. The number of thioether (sulfide) groups is 1. The number of methoxy groups -OCH3 is 1. The number of hydrogen-bond donors (Lipinski definition) is 0. The summed E-state index contributed by atoms with van der Waals surface area (Å²) in [4.78, 5) is 15.7. The van der Waals surface area contributed by atoms with Gasteiger partial charge in [-0.3, -0.25) is 0 Å². The topological polar surface area (TPSA) is 38.8 Å². The van der Waals surface area contributed by atoms with Crippen molar-refractivity contribution in [2.24, 2.45) is 0 Å². The molecule has 0 aromatic heterocycles. The van der Waals surface area contributed by atoms with Crippen LogP contribution in [0.4, 0.5) is 0 Å². The Morgan fingerprint density at radius 2 is 1.57 bits per heavy atom. The lowest BCUT2D eigenvalue weighted by atomic mass is 9.90. The van der Waals surface area contributed by atoms with Crippen molar-refractivity contribution >= 4 is 17.7 Å². The van der Waals surface area contributed by atoms with Crippen molar-refractivity contribution in [2.75, 3.05) is 39.1 Å². The van der Waals surface area contributed by atoms with E-state index in [9.17, 15) is 4.79 Å². The molecule has 28 heavy (non-hydrogen) atoms. The Balaban J connectivity index is 2.40. The minimum atomic E-state index is -0.897. The Labute approximate surface area is 173 Å². The molecule has 0 bridgehead atoms. The van der Waals surface area contributed by atoms with Crippen molar-refractivity contribution in [3.63, 3.8) is 0 Å². The van der Waals surface area contributed by atoms with E-state index in [-0.39, 0.29) is 5.97 Å². The van der Waals surface area contributed by atoms with Gasteiger partial charge in [0, 0.05) is 6.54 Å². The molecule has 4 nitrogen and oxygen atoms in total. The molecule has 0 radical (unpaired) electrons. The highest BCUT2D eigenvalue weighted by Crippen LogP contribution is 2.44. The first kappa shape index (κ1) is 22.3. The largest absolute Gasteiger partial charge is 0.497 e. The lowest BCUT2D eigenvalue weighted by Gasteiger charge is -2.32. The van der Waals surface area contributed by atoms with Gasteiger partial charge in [-0.2, -0.15) is 0 Å². The zero-order valence-corrected chi connectivity index (χ0v) is 18.1. The lowest BCUT2D eigenvalue weighted by Crippen LogP contribution is -2.38. The molecule has 1 atom stereocenters. The van der Waals surface area contributed by atoms with Crippen molar-refractivity contribution in [1.82, 2.24) is 4.90 Å². The predicted molar refractivity (Wildman–Crippen MR) is 117 cm³/mol. The minimum Gasteiger partial charge on any atom is -0.497 e. The maximum Gasteiger partial charge on any atom is 0.331 e. The molecule has 2 aromatic rings. The first-order valence-corrected chi connectivity index (χ1v) is 10.8. The van der Waals surface area contributed by atoms with Gasteiger partial charge in [0.2, 0.25) is 0 Å². The summed E-state index contributed by atoms with van der Waals surface area (Å²) in [5, 5.41) is 0. The Hall–Kier alpha value is -1.98. The first-order valence-electron chi connectivity index (χ1n) is 9.85. The second-order valence-electron chi connectivity index (χ2n) is 6.37. The summed E-state index contributed by atoms with van der Waals surface area (Å²) >= 11 is 1.59. The van der Waals surface area contributed by atoms with Gasteiger partial charge in [-0.05, 0) is 42.1 Å². The van der Waals surface area contributed by atoms with Crippen LogP contribution in [-0.2, 0) is 14.3 Å². The molecule has 0 saturated heterocycles. The van der Waals surface area contributed by atoms with E-state index in [0.717, 1.165) is 42.3 Å². The fraction of sp³-hybridized carbons (Fsp3) is 0.435. The van der Waals surface area contributed by atoms with Gasteiger partial charge in [0.25, 0.3) is 0 Å². The summed E-state index contributed by atoms with van der Waals surface area (Å²) in [6, 6.07) is 17.6. The van der Waals surface area contributed by atoms with E-state index in [0.29, 0.717) is 6.61 Å². The second kappa shape index (κ2) is 11.1. The van der Waals surface area contributed by atoms with Gasteiger partial charge in [0.15, 0.2) is 4.75 Å². The highest BCUT2D eigenvalue weighted by molar-refractivity contribution is 8.01. The zero-order chi connectivity index (χ0) is 20.4. The minimum absolute atomic E-state index is 0.220. The maximum absolute atomic E-state index is 13.5. The summed E-state index contributed by atoms with van der Waals surface area (Å²) in [5.41, 5.74) is 1.83. The summed E-state index contributed by atoms with van der Waals surface area (Å²) in [6.07, 6.45) is 0. The van der Waals surface area contributed by atoms with Crippen molar-refractivity contribution in [3.8, 4) is 5.75 Å². The molecule has 0 N–H and O–H groups in total. The number of esters is 1. The smallest absolute Gasteiger partial charge is 0.331 e. The molecule has 0 aliphatic rings. The Morgan fingerprint density at radius 1 is 0.964 bits per heavy atom. The molecule has 0 amide bonds. The van der Waals surface area contributed by atoms with Crippen LogP contribution in [0.15, 0.2) is 54.6 Å². The SMILES string of the molecule is CCSC(C(=O)OCCN(CC)CC)(c1ccccc1)c1ccc(OC)cc1. The van der Waals surface area contributed by atoms with Crippen molar-refractivity contribution in [2.45, 2.75) is 25.5 Å². The van der Waals surface area contributed by atoms with Crippen LogP contribution in [0.5, 0.6) is 5.75 Å². The first-order chi connectivity index (χ1) is 13.6. The highest BCUT2D eigenvalue weighted by Gasteiger charge is 2.44. The van der Waals surface area contributed by atoms with Crippen LogP contribution < -0.4 is 4.74 Å². The van der Waals surface area contributed by atoms with Gasteiger partial charge in [0.1, 0.15) is 12.4 Å². The predicted octanol–water partition coefficient (Wildman–Crippen LogP) is 4.58. The van der Waals surface area contributed by atoms with Crippen LogP contribution in [0, 0.1) is 0 Å². The van der Waals surface area contributed by atoms with E-state index in [4.69, 9.17) is 9.47 Å². The summed E-state index contributed by atoms with van der Waals surface area (Å²) in [6.45, 7) is 9.31. The number of rotatable bonds is 11. The number of likely N-dealkylation sites (N-methyl/N-ethyl adjacent to an activating group) is 1. The van der Waals surface area contributed by atoms with Gasteiger partial charge in [0.05, 0.1) is 7.11 Å². The van der Waals surface area contributed by atoms with Crippen LogP contribution in [-0.4, -0.2) is 50.0 Å². The number of carbonyl (C=O) groups is 1. The molecule has 152 valence electrons. The van der Waals surface area contributed by atoms with Gasteiger partial charge in [-0.1, -0.05) is 63.2 Å². The van der Waals surface area contributed by atoms with Crippen molar-refractivity contribution in [1.29, 1.82) is 0 Å². The van der Waals surface area contributed by atoms with E-state index in [2.05, 4.69) is 25.7 Å². The lowest BCUT2D eigenvalue weighted by molar-refractivity contribution is -0.146. The third-order valence-electron chi connectivity index (χ3n) is 4.86. The molecule has 2 aromatic carbocycles. The monoisotopic (exact) mass is 401 g/mol. The van der Waals surface area contributed by atoms with Crippen LogP contribution in [0.1, 0.15) is 31.9 Å². The molecule has 0 spiro atoms. The number of hydrogen-bond acceptors (Lipinski definition) is 5. The number of carbonyl (C=O) groups excluding carboxylic acids is 1. The third-order valence-corrected chi connectivity index (χ3v) is 6.22. The number of nitrogens with zero attached hydrogens (tertiary/aromatic N) is 1. The van der Waals surface area contributed by atoms with Crippen LogP contribution in [0.2, 0.25) is 0 Å². The van der Waals surface area contributed by atoms with Crippen LogP contribution in [0.3, 0.4) is 0 Å². The average Bonchev–Trinajstić information content (AvgIpc) is 2.75. The van der Waals surface area contributed by atoms with Crippen LogP contribution in [0.25, 0.3) is 0 Å². The standard InChI is InChI=1S/C23H31NO3S/c1-5-24(6-2)17-18-27-22(25)23(28-7-3,19-11-9-8-10-12-19)20-13-15-21(26-4)16-14-20/h8-16H,5-7,17-18H2,1-4H3. The molecule has 1 unspecified atom stereocenters. The molecule has 2 rings (SSSR count). The molecule has 5 heteroatoms. The molecule has 0 aliphatic heterocycles. The van der Waals surface area contributed by atoms with E-state index in [1.54, 1.807) is 18.9 Å². The second-order valence-corrected chi connectivity index (χ2v) is 7.85. The molecule has 0 aliphatic carbocycles. The van der Waals surface area contributed by atoms with Gasteiger partial charge < -0.3 is 14.4 Å². The van der Waals surface area contributed by atoms with Gasteiger partial charge in [-0.25, -0.2) is 4.79 Å². The molecule has 0 fully saturated rings. The Kier molecular flexibility index (Phi) is 8.87. The summed E-state index contributed by atoms with van der Waals surface area (Å²) in [7, 11) is 1.64. The van der Waals surface area contributed by atoms with E-state index < -0.39 is 4.75 Å². The Morgan fingerprint density at radius 3 is 2.11 bits per heavy atom. The van der Waals surface area contributed by atoms with Crippen LogP contribution >= 0.6 is 11.8 Å². The van der Waals surface area contributed by atoms with Crippen molar-refractivity contribution in [3.05, 3.63) is 65.7 Å². The van der Waals surface area contributed by atoms with Gasteiger partial charge >= 0.3 is 5.97 Å². The fourth-order valence-corrected chi connectivity index (χ4v) is 4.47. The van der Waals surface area contributed by atoms with E-state index in [1.165, 1.54) is 0 Å². The Bertz CT molecular complexity index is 716. The van der Waals surface area contributed by atoms with Crippen molar-refractivity contribution < 1.29 is 14.3 Å².